The van der Waals surface area contributed by atoms with Gasteiger partial charge < -0.3 is 4.98 Å². The molecule has 0 spiro atoms. The van der Waals surface area contributed by atoms with Crippen molar-refractivity contribution in [3.05, 3.63) is 442 Å². The van der Waals surface area contributed by atoms with Crippen LogP contribution >= 0.6 is 0 Å². The number of hydrogen-bond acceptors (Lipinski definition) is 2. The van der Waals surface area contributed by atoms with E-state index >= 15 is 4.48 Å². The van der Waals surface area contributed by atoms with E-state index in [2.05, 4.69) is 320 Å². The average Bonchev–Trinajstić information content (AvgIpc) is 1.55. The highest BCUT2D eigenvalue weighted by Gasteiger charge is 2.41. The predicted molar refractivity (Wildman–Crippen MR) is 400 cm³/mol. The summed E-state index contributed by atoms with van der Waals surface area (Å²) in [4.78, 5) is 18.2. The van der Waals surface area contributed by atoms with E-state index in [4.69, 9.17) is 9.98 Å². The number of nitrogens with zero attached hydrogens (tertiary/aromatic N) is 3. The van der Waals surface area contributed by atoms with Crippen LogP contribution in [-0.2, 0) is 0 Å². The van der Waals surface area contributed by atoms with Gasteiger partial charge in [-0.3, -0.25) is 0 Å². The number of aromatic nitrogens is 2. The number of nitrogens with one attached hydrogen (secondary N) is 1. The van der Waals surface area contributed by atoms with E-state index in [1.165, 1.54) is 0 Å². The molecule has 0 fully saturated rings. The molecule has 0 amide bonds. The summed E-state index contributed by atoms with van der Waals surface area (Å²) in [5, 5.41) is 1.68. The van der Waals surface area contributed by atoms with E-state index in [9.17, 15) is 0 Å². The normalized spacial score (nSPS) is 13.7. The van der Waals surface area contributed by atoms with Crippen LogP contribution in [0.2, 0.25) is 0 Å². The van der Waals surface area contributed by atoms with Gasteiger partial charge in [-0.1, -0.05) is 368 Å². The Morgan fingerprint density at radius 1 is 0.196 bits per heavy atom. The summed E-state index contributed by atoms with van der Waals surface area (Å²) in [6.07, 6.45) is 0. The third kappa shape index (κ3) is 10.3. The van der Waals surface area contributed by atoms with Crippen LogP contribution in [-0.4, -0.2) is 21.2 Å². The van der Waals surface area contributed by atoms with Crippen molar-refractivity contribution < 1.29 is 4.48 Å². The Morgan fingerprint density at radius 2 is 0.381 bits per heavy atom. The molecular weight excluding hydrogens is 1180 g/mol. The first kappa shape index (κ1) is 58.0. The van der Waals surface area contributed by atoms with Gasteiger partial charge in [0.25, 0.3) is 0 Å². The van der Waals surface area contributed by atoms with Crippen molar-refractivity contribution in [3.63, 3.8) is 0 Å². The van der Waals surface area contributed by atoms with Crippen molar-refractivity contribution in [1.82, 2.24) is 9.77 Å². The first-order valence-electron chi connectivity index (χ1n) is 32.9. The van der Waals surface area contributed by atoms with Gasteiger partial charge >= 0.3 is 0 Å². The molecule has 2 aliphatic heterocycles. The fourth-order valence-electron chi connectivity index (χ4n) is 14.6. The van der Waals surface area contributed by atoms with Gasteiger partial charge in [0.2, 0.25) is 0 Å². The largest absolute Gasteiger partial charge is 0.353 e. The molecule has 12 aromatic carbocycles. The number of allylic oxidation sites excluding steroid dienone is 4. The van der Waals surface area contributed by atoms with Crippen molar-refractivity contribution in [2.24, 2.45) is 9.98 Å². The number of rotatable bonds is 12. The molecule has 8 bridgehead atoms. The van der Waals surface area contributed by atoms with Crippen molar-refractivity contribution in [2.75, 3.05) is 0 Å². The van der Waals surface area contributed by atoms with Crippen molar-refractivity contribution in [1.29, 1.82) is 0 Å². The highest BCUT2D eigenvalue weighted by molar-refractivity contribution is 6.53. The second-order valence-electron chi connectivity index (χ2n) is 24.4. The molecule has 2 aromatic heterocycles. The molecule has 97 heavy (non-hydrogen) atoms. The SMILES string of the molecule is Fn1c2c(-c3ccccc3)c(-c3ccccc3)c1C(c1ccccc1)=C1N=C(C(c3ccccc3)=C1c1ccccc1)C(c1ccccc1)=c1[nH]c(c(-c3ccccc3)c1-c1ccccc1)=C(c1ccccc1)C1=NC(=C2c2ccccc2)C(c2ccccc2)=C1c1ccccc1. The fraction of sp³-hybridized carbons (Fsp3) is 0. The lowest BCUT2D eigenvalue weighted by molar-refractivity contribution is 0.363. The van der Waals surface area contributed by atoms with Gasteiger partial charge in [-0.05, 0) is 66.8 Å². The smallest absolute Gasteiger partial charge is 0.0933 e. The van der Waals surface area contributed by atoms with E-state index in [0.29, 0.717) is 56.5 Å². The van der Waals surface area contributed by atoms with E-state index in [1.54, 1.807) is 0 Å². The molecule has 0 saturated carbocycles. The van der Waals surface area contributed by atoms with Gasteiger partial charge in [0.1, 0.15) is 0 Å². The van der Waals surface area contributed by atoms with E-state index in [1.807, 2.05) is 48.5 Å². The Morgan fingerprint density at radius 3 is 0.619 bits per heavy atom. The van der Waals surface area contributed by atoms with E-state index in [0.717, 1.165) is 127 Å². The van der Waals surface area contributed by atoms with Crippen LogP contribution in [0.5, 0.6) is 0 Å². The first-order valence-corrected chi connectivity index (χ1v) is 32.9. The quantitative estimate of drug-likeness (QED) is 0.127. The van der Waals surface area contributed by atoms with E-state index in [-0.39, 0.29) is 0 Å². The van der Waals surface area contributed by atoms with Crippen LogP contribution in [0.15, 0.2) is 385 Å². The third-order valence-electron chi connectivity index (χ3n) is 18.7. The Labute approximate surface area is 563 Å². The number of H-pyrrole nitrogens is 1. The Kier molecular flexibility index (Phi) is 15.1. The minimum absolute atomic E-state index is 0.334. The average molecular weight is 1240 g/mol. The molecule has 5 heteroatoms. The van der Waals surface area contributed by atoms with Crippen LogP contribution in [0.4, 0.5) is 4.48 Å². The molecule has 1 aliphatic carbocycles. The summed E-state index contributed by atoms with van der Waals surface area (Å²) in [6, 6.07) is 127. The zero-order chi connectivity index (χ0) is 64.6. The molecule has 0 unspecified atom stereocenters. The molecular formula is C92H61FN4. The van der Waals surface area contributed by atoms with Crippen molar-refractivity contribution >= 4 is 56.0 Å². The molecule has 456 valence electrons. The topological polar surface area (TPSA) is 45.4 Å². The van der Waals surface area contributed by atoms with Gasteiger partial charge in [-0.15, -0.1) is 0 Å². The summed E-state index contributed by atoms with van der Waals surface area (Å²) < 4.78 is 21.4. The number of benzene rings is 12. The summed E-state index contributed by atoms with van der Waals surface area (Å²) in [7, 11) is 0. The van der Waals surface area contributed by atoms with Gasteiger partial charge in [-0.25, -0.2) is 9.98 Å². The number of aromatic amines is 1. The summed E-state index contributed by atoms with van der Waals surface area (Å²) in [5.74, 6) is 0. The highest BCUT2D eigenvalue weighted by Crippen LogP contribution is 2.55. The molecule has 0 atom stereocenters. The summed E-state index contributed by atoms with van der Waals surface area (Å²) in [6.45, 7) is 0. The zero-order valence-electron chi connectivity index (χ0n) is 52.9. The fourth-order valence-corrected chi connectivity index (χ4v) is 14.6. The number of fused-ring (bicyclic) bond motifs is 10. The third-order valence-corrected chi connectivity index (χ3v) is 18.7. The second-order valence-corrected chi connectivity index (χ2v) is 24.4. The van der Waals surface area contributed by atoms with Crippen LogP contribution in [0.1, 0.15) is 55.9 Å². The maximum atomic E-state index is 21.4. The van der Waals surface area contributed by atoms with Gasteiger partial charge in [-0.2, -0.15) is 4.79 Å². The lowest BCUT2D eigenvalue weighted by atomic mass is 9.83. The number of hydrogen-bond donors (Lipinski definition) is 1. The Bertz CT molecular complexity index is 5270. The van der Waals surface area contributed by atoms with Gasteiger partial charge in [0.15, 0.2) is 0 Å². The number of halogens is 1. The number of aliphatic imine (C=N–C) groups is 2. The molecule has 0 saturated heterocycles. The van der Waals surface area contributed by atoms with E-state index < -0.39 is 0 Å². The second kappa shape index (κ2) is 25.2. The van der Waals surface area contributed by atoms with Crippen LogP contribution in [0.3, 0.4) is 0 Å². The lowest BCUT2D eigenvalue weighted by Gasteiger charge is -2.18. The summed E-state index contributed by atoms with van der Waals surface area (Å²) in [5.41, 5.74) is 23.8. The standard InChI is InChI=1S/C92H61FN4/c93-97-91-79(67-49-25-7-26-50-67)80(68-51-27-8-28-52-68)92(97)84(72-59-35-12-36-60-72)90-78(66-47-23-6-24-48-66)76(64-43-19-4-20-44-64)88(96-90)82(70-55-31-10-32-56-70)86-74(62-39-15-2-16-40-62)73(61-37-13-1-14-38-61)85(94-86)81(69-53-29-9-30-54-69)87-75(63-41-17-3-18-42-63)77(65-45-21-5-22-46-65)89(95-87)83(91)71-57-33-11-34-58-71/h1-60,94H. The maximum absolute atomic E-state index is 21.4. The van der Waals surface area contributed by atoms with Crippen molar-refractivity contribution in [2.45, 2.75) is 0 Å². The monoisotopic (exact) mass is 1240 g/mol. The Hall–Kier alpha value is -12.8. The molecule has 14 aromatic rings. The highest BCUT2D eigenvalue weighted by atomic mass is 19.2. The molecule has 0 radical (unpaired) electrons. The Balaban J connectivity index is 1.25. The van der Waals surface area contributed by atoms with Gasteiger partial charge in [0, 0.05) is 66.8 Å². The molecule has 4 nitrogen and oxygen atoms in total. The molecule has 1 N–H and O–H groups in total. The molecule has 3 aliphatic rings. The zero-order valence-corrected chi connectivity index (χ0v) is 52.9. The predicted octanol–water partition coefficient (Wildman–Crippen LogP) is 21.0. The van der Waals surface area contributed by atoms with Crippen LogP contribution in [0, 0.1) is 0 Å². The molecule has 17 rings (SSSR count). The minimum Gasteiger partial charge on any atom is -0.353 e. The van der Waals surface area contributed by atoms with Crippen molar-refractivity contribution in [3.8, 4) is 44.5 Å². The van der Waals surface area contributed by atoms with Crippen LogP contribution in [0.25, 0.3) is 89.1 Å². The molecule has 4 heterocycles. The lowest BCUT2D eigenvalue weighted by Crippen LogP contribution is -2.23. The first-order chi connectivity index (χ1) is 48.2. The minimum atomic E-state index is 0.334. The summed E-state index contributed by atoms with van der Waals surface area (Å²) >= 11 is 0. The maximum Gasteiger partial charge on any atom is 0.0933 e. The van der Waals surface area contributed by atoms with Gasteiger partial charge in [0.05, 0.1) is 44.9 Å². The van der Waals surface area contributed by atoms with Crippen LogP contribution < -0.4 is 10.7 Å².